The molecule has 1 unspecified atom stereocenters. The van der Waals surface area contributed by atoms with Crippen LogP contribution in [0.1, 0.15) is 62.0 Å². The van der Waals surface area contributed by atoms with Gasteiger partial charge in [-0.2, -0.15) is 13.2 Å². The predicted octanol–water partition coefficient (Wildman–Crippen LogP) is 5.74. The minimum absolute atomic E-state index is 0.0246. The lowest BCUT2D eigenvalue weighted by molar-refractivity contribution is -0.138. The average Bonchev–Trinajstić information content (AvgIpc) is 3.07. The van der Waals surface area contributed by atoms with Crippen molar-refractivity contribution in [2.24, 2.45) is 11.7 Å². The van der Waals surface area contributed by atoms with Crippen molar-refractivity contribution in [2.45, 2.75) is 57.0 Å². The summed E-state index contributed by atoms with van der Waals surface area (Å²) >= 11 is 0. The first-order valence-corrected chi connectivity index (χ1v) is 11.5. The molecule has 2 N–H and O–H groups in total. The Labute approximate surface area is 187 Å². The van der Waals surface area contributed by atoms with Crippen LogP contribution < -0.4 is 5.73 Å². The lowest BCUT2D eigenvalue weighted by atomic mass is 9.85. The van der Waals surface area contributed by atoms with E-state index in [9.17, 15) is 18.0 Å². The number of nitrogens with two attached hydrogens (primary N) is 1. The standard InChI is InChI=1S/C26H31F3N2O/c1-17(16-30)20-6-4-5-18-9-10-22(23(18)15-20)25(32)31-13-11-19(12-14-31)21-7-2-3-8-24(21)26(27,28)29/h2-3,7-8,10,19-20H,1,4-6,9,11-16,30H2. The van der Waals surface area contributed by atoms with E-state index in [4.69, 9.17) is 5.73 Å². The molecule has 3 nitrogen and oxygen atoms in total. The Kier molecular flexibility index (Phi) is 6.61. The van der Waals surface area contributed by atoms with Crippen molar-refractivity contribution in [2.75, 3.05) is 19.6 Å². The van der Waals surface area contributed by atoms with Crippen molar-refractivity contribution in [1.82, 2.24) is 4.90 Å². The highest BCUT2D eigenvalue weighted by atomic mass is 19.4. The van der Waals surface area contributed by atoms with Crippen LogP contribution in [-0.4, -0.2) is 30.4 Å². The number of alkyl halides is 3. The lowest BCUT2D eigenvalue weighted by Crippen LogP contribution is -2.39. The van der Waals surface area contributed by atoms with Crippen LogP contribution in [0.4, 0.5) is 13.2 Å². The van der Waals surface area contributed by atoms with E-state index >= 15 is 0 Å². The van der Waals surface area contributed by atoms with E-state index in [0.717, 1.165) is 54.9 Å². The molecule has 1 aliphatic heterocycles. The fourth-order valence-electron chi connectivity index (χ4n) is 5.49. The van der Waals surface area contributed by atoms with Gasteiger partial charge in [-0.15, -0.1) is 0 Å². The maximum atomic E-state index is 13.4. The van der Waals surface area contributed by atoms with Gasteiger partial charge in [-0.05, 0) is 74.0 Å². The number of amides is 1. The number of piperidine rings is 1. The second-order valence-electron chi connectivity index (χ2n) is 9.21. The highest BCUT2D eigenvalue weighted by Gasteiger charge is 2.37. The first-order chi connectivity index (χ1) is 15.3. The Morgan fingerprint density at radius 2 is 1.88 bits per heavy atom. The normalized spacial score (nSPS) is 22.4. The van der Waals surface area contributed by atoms with Crippen LogP contribution in [0.3, 0.4) is 0 Å². The van der Waals surface area contributed by atoms with Gasteiger partial charge in [0.15, 0.2) is 0 Å². The largest absolute Gasteiger partial charge is 0.416 e. The smallest absolute Gasteiger partial charge is 0.339 e. The second-order valence-corrected chi connectivity index (χ2v) is 9.21. The Hall–Kier alpha value is -2.34. The third-order valence-corrected chi connectivity index (χ3v) is 7.34. The number of hydrogen-bond acceptors (Lipinski definition) is 2. The summed E-state index contributed by atoms with van der Waals surface area (Å²) in [6.07, 6.45) is 3.57. The molecule has 6 heteroatoms. The molecule has 0 saturated carbocycles. The summed E-state index contributed by atoms with van der Waals surface area (Å²) < 4.78 is 40.3. The molecule has 3 aliphatic rings. The third kappa shape index (κ3) is 4.56. The highest BCUT2D eigenvalue weighted by molar-refractivity contribution is 5.99. The first-order valence-electron chi connectivity index (χ1n) is 11.5. The number of carbonyl (C=O) groups is 1. The average molecular weight is 445 g/mol. The zero-order valence-corrected chi connectivity index (χ0v) is 18.4. The van der Waals surface area contributed by atoms with Crippen LogP contribution in [0.5, 0.6) is 0 Å². The fourth-order valence-corrected chi connectivity index (χ4v) is 5.49. The van der Waals surface area contributed by atoms with E-state index in [1.807, 2.05) is 11.0 Å². The van der Waals surface area contributed by atoms with Gasteiger partial charge in [0.2, 0.25) is 0 Å². The summed E-state index contributed by atoms with van der Waals surface area (Å²) in [5, 5.41) is 0. The summed E-state index contributed by atoms with van der Waals surface area (Å²) in [7, 11) is 0. The Balaban J connectivity index is 1.44. The molecule has 0 aromatic heterocycles. The topological polar surface area (TPSA) is 46.3 Å². The number of likely N-dealkylation sites (tertiary alicyclic amines) is 1. The maximum absolute atomic E-state index is 13.4. The minimum Gasteiger partial charge on any atom is -0.339 e. The van der Waals surface area contributed by atoms with Gasteiger partial charge in [0.25, 0.3) is 5.91 Å². The van der Waals surface area contributed by atoms with E-state index in [1.54, 1.807) is 12.1 Å². The molecular weight excluding hydrogens is 413 g/mol. The van der Waals surface area contributed by atoms with E-state index in [2.05, 4.69) is 6.58 Å². The van der Waals surface area contributed by atoms with Gasteiger partial charge < -0.3 is 10.6 Å². The molecular formula is C26H31F3N2O. The minimum atomic E-state index is -4.36. The zero-order valence-electron chi connectivity index (χ0n) is 18.4. The highest BCUT2D eigenvalue weighted by Crippen LogP contribution is 2.42. The SMILES string of the molecule is C=C(CN)C1CCCC2=C(C1)C(C(=O)N1CCC(c3ccccc3C(F)(F)F)CC1)=CC2. The van der Waals surface area contributed by atoms with Gasteiger partial charge in [-0.3, -0.25) is 4.79 Å². The molecule has 1 aromatic carbocycles. The van der Waals surface area contributed by atoms with Crippen molar-refractivity contribution < 1.29 is 18.0 Å². The monoisotopic (exact) mass is 444 g/mol. The molecule has 1 saturated heterocycles. The first kappa shape index (κ1) is 22.8. The third-order valence-electron chi connectivity index (χ3n) is 7.34. The van der Waals surface area contributed by atoms with Crippen LogP contribution >= 0.6 is 0 Å². The summed E-state index contributed by atoms with van der Waals surface area (Å²) in [4.78, 5) is 15.2. The molecule has 1 fully saturated rings. The number of hydrogen-bond donors (Lipinski definition) is 1. The van der Waals surface area contributed by atoms with Crippen molar-refractivity contribution in [3.63, 3.8) is 0 Å². The number of carbonyl (C=O) groups excluding carboxylic acids is 1. The number of halogens is 3. The zero-order chi connectivity index (χ0) is 22.9. The summed E-state index contributed by atoms with van der Waals surface area (Å²) in [5.41, 5.74) is 9.98. The number of allylic oxidation sites excluding steroid dienone is 2. The van der Waals surface area contributed by atoms with E-state index in [0.29, 0.717) is 44.0 Å². The van der Waals surface area contributed by atoms with Gasteiger partial charge in [0, 0.05) is 25.2 Å². The molecule has 1 atom stereocenters. The van der Waals surface area contributed by atoms with Gasteiger partial charge in [-0.1, -0.05) is 42.0 Å². The predicted molar refractivity (Wildman–Crippen MR) is 120 cm³/mol. The number of benzene rings is 1. The van der Waals surface area contributed by atoms with Crippen molar-refractivity contribution >= 4 is 5.91 Å². The molecule has 2 aliphatic carbocycles. The van der Waals surface area contributed by atoms with Crippen LogP contribution in [0.15, 0.2) is 59.2 Å². The fraction of sp³-hybridized carbons (Fsp3) is 0.500. The number of nitrogens with zero attached hydrogens (tertiary/aromatic N) is 1. The molecule has 172 valence electrons. The quantitative estimate of drug-likeness (QED) is 0.602. The van der Waals surface area contributed by atoms with Crippen LogP contribution in [0, 0.1) is 5.92 Å². The Morgan fingerprint density at radius 1 is 1.16 bits per heavy atom. The lowest BCUT2D eigenvalue weighted by Gasteiger charge is -2.34. The molecule has 1 aromatic rings. The molecule has 32 heavy (non-hydrogen) atoms. The molecule has 0 bridgehead atoms. The second kappa shape index (κ2) is 9.26. The number of rotatable bonds is 4. The molecule has 0 spiro atoms. The summed E-state index contributed by atoms with van der Waals surface area (Å²) in [6, 6.07) is 5.83. The molecule has 0 radical (unpaired) electrons. The molecule has 1 amide bonds. The van der Waals surface area contributed by atoms with Crippen LogP contribution in [-0.2, 0) is 11.0 Å². The summed E-state index contributed by atoms with van der Waals surface area (Å²) in [6.45, 7) is 5.56. The van der Waals surface area contributed by atoms with E-state index in [-0.39, 0.29) is 11.8 Å². The van der Waals surface area contributed by atoms with Gasteiger partial charge in [-0.25, -0.2) is 0 Å². The maximum Gasteiger partial charge on any atom is 0.416 e. The Bertz CT molecular complexity index is 952. The summed E-state index contributed by atoms with van der Waals surface area (Å²) in [5.74, 6) is 0.155. The molecule has 1 heterocycles. The van der Waals surface area contributed by atoms with Crippen molar-refractivity contribution in [1.29, 1.82) is 0 Å². The van der Waals surface area contributed by atoms with E-state index < -0.39 is 11.7 Å². The van der Waals surface area contributed by atoms with Gasteiger partial charge in [0.05, 0.1) is 5.56 Å². The van der Waals surface area contributed by atoms with Gasteiger partial charge in [0.1, 0.15) is 0 Å². The van der Waals surface area contributed by atoms with Crippen molar-refractivity contribution in [3.05, 3.63) is 70.3 Å². The Morgan fingerprint density at radius 3 is 2.56 bits per heavy atom. The van der Waals surface area contributed by atoms with Crippen molar-refractivity contribution in [3.8, 4) is 0 Å². The van der Waals surface area contributed by atoms with Crippen LogP contribution in [0.2, 0.25) is 0 Å². The van der Waals surface area contributed by atoms with Crippen LogP contribution in [0.25, 0.3) is 0 Å². The van der Waals surface area contributed by atoms with E-state index in [1.165, 1.54) is 11.6 Å². The molecule has 4 rings (SSSR count). The van der Waals surface area contributed by atoms with Gasteiger partial charge >= 0.3 is 6.18 Å².